The summed E-state index contributed by atoms with van der Waals surface area (Å²) in [6.45, 7) is 4.38. The first kappa shape index (κ1) is 13.9. The van der Waals surface area contributed by atoms with Crippen LogP contribution in [0.25, 0.3) is 0 Å². The van der Waals surface area contributed by atoms with E-state index in [1.165, 1.54) is 0 Å². The first-order valence-electron chi connectivity index (χ1n) is 6.91. The number of carbonyl (C=O) groups excluding carboxylic acids is 1. The van der Waals surface area contributed by atoms with Crippen LogP contribution in [-0.4, -0.2) is 28.2 Å². The van der Waals surface area contributed by atoms with Crippen LogP contribution in [-0.2, 0) is 0 Å². The Morgan fingerprint density at radius 2 is 2.26 bits per heavy atom. The van der Waals surface area contributed by atoms with Gasteiger partial charge in [0.2, 0.25) is 0 Å². The summed E-state index contributed by atoms with van der Waals surface area (Å²) in [5.74, 6) is 0.254. The Morgan fingerprint density at radius 3 is 2.84 bits per heavy atom. The molecule has 1 amide bonds. The predicted octanol–water partition coefficient (Wildman–Crippen LogP) is 1.54. The molecule has 5 heteroatoms. The van der Waals surface area contributed by atoms with Crippen molar-refractivity contribution in [3.8, 4) is 0 Å². The number of hydrogen-bond acceptors (Lipinski definition) is 3. The molecule has 19 heavy (non-hydrogen) atoms. The number of rotatable bonds is 6. The first-order chi connectivity index (χ1) is 8.97. The van der Waals surface area contributed by atoms with E-state index >= 15 is 0 Å². The fraction of sp³-hybridized carbons (Fsp3) is 0.643. The van der Waals surface area contributed by atoms with Crippen molar-refractivity contribution >= 4 is 11.6 Å². The zero-order valence-corrected chi connectivity index (χ0v) is 11.6. The van der Waals surface area contributed by atoms with Crippen molar-refractivity contribution in [3.63, 3.8) is 0 Å². The summed E-state index contributed by atoms with van der Waals surface area (Å²) >= 11 is 0. The van der Waals surface area contributed by atoms with Gasteiger partial charge in [-0.05, 0) is 31.2 Å². The molecule has 1 atom stereocenters. The molecule has 0 radical (unpaired) electrons. The van der Waals surface area contributed by atoms with Crippen LogP contribution in [0, 0.1) is 5.92 Å². The third kappa shape index (κ3) is 3.73. The fourth-order valence-electron chi connectivity index (χ4n) is 2.27. The minimum absolute atomic E-state index is 0.161. The maximum absolute atomic E-state index is 12.1. The van der Waals surface area contributed by atoms with Crippen LogP contribution in [0.2, 0.25) is 0 Å². The summed E-state index contributed by atoms with van der Waals surface area (Å²) < 4.78 is 1.94. The standard InChI is InChI=1S/C14H23N3O2/c1-9(2)5-12(18)7-16-14(19)13-6-10(15)8-17(13)11-3-4-11/h6,8-9,11-12,18H,3-5,7,15H2,1-2H3,(H,16,19). The van der Waals surface area contributed by atoms with E-state index in [1.807, 2.05) is 24.6 Å². The molecule has 1 aromatic rings. The topological polar surface area (TPSA) is 80.3 Å². The Hall–Kier alpha value is -1.49. The van der Waals surface area contributed by atoms with Crippen molar-refractivity contribution in [2.24, 2.45) is 5.92 Å². The van der Waals surface area contributed by atoms with E-state index in [0.29, 0.717) is 29.8 Å². The van der Waals surface area contributed by atoms with E-state index < -0.39 is 6.10 Å². The Kier molecular flexibility index (Phi) is 4.14. The van der Waals surface area contributed by atoms with Gasteiger partial charge in [-0.2, -0.15) is 0 Å². The molecule has 1 unspecified atom stereocenters. The summed E-state index contributed by atoms with van der Waals surface area (Å²) in [7, 11) is 0. The molecule has 1 fully saturated rings. The van der Waals surface area contributed by atoms with Crippen molar-refractivity contribution in [1.82, 2.24) is 9.88 Å². The lowest BCUT2D eigenvalue weighted by molar-refractivity contribution is 0.0891. The van der Waals surface area contributed by atoms with E-state index in [0.717, 1.165) is 12.8 Å². The second-order valence-electron chi connectivity index (χ2n) is 5.79. The van der Waals surface area contributed by atoms with Crippen molar-refractivity contribution in [1.29, 1.82) is 0 Å². The second-order valence-corrected chi connectivity index (χ2v) is 5.79. The highest BCUT2D eigenvalue weighted by Gasteiger charge is 2.27. The van der Waals surface area contributed by atoms with Gasteiger partial charge in [-0.25, -0.2) is 0 Å². The highest BCUT2D eigenvalue weighted by atomic mass is 16.3. The van der Waals surface area contributed by atoms with Gasteiger partial charge < -0.3 is 20.7 Å². The lowest BCUT2D eigenvalue weighted by atomic mass is 10.1. The van der Waals surface area contributed by atoms with Crippen LogP contribution in [0.15, 0.2) is 12.3 Å². The van der Waals surface area contributed by atoms with E-state index in [2.05, 4.69) is 5.32 Å². The summed E-state index contributed by atoms with van der Waals surface area (Å²) in [4.78, 5) is 12.1. The Balaban J connectivity index is 1.92. The molecule has 1 aliphatic rings. The van der Waals surface area contributed by atoms with Gasteiger partial charge in [-0.1, -0.05) is 13.8 Å². The number of nitrogen functional groups attached to an aromatic ring is 1. The SMILES string of the molecule is CC(C)CC(O)CNC(=O)c1cc(N)cn1C1CC1. The second kappa shape index (κ2) is 5.65. The van der Waals surface area contributed by atoms with Gasteiger partial charge >= 0.3 is 0 Å². The number of aliphatic hydroxyl groups excluding tert-OH is 1. The van der Waals surface area contributed by atoms with Gasteiger partial charge in [0.05, 0.1) is 11.8 Å². The van der Waals surface area contributed by atoms with Gasteiger partial charge in [0.25, 0.3) is 5.91 Å². The molecule has 1 aromatic heterocycles. The van der Waals surface area contributed by atoms with Gasteiger partial charge in [-0.15, -0.1) is 0 Å². The number of amides is 1. The number of anilines is 1. The van der Waals surface area contributed by atoms with Gasteiger partial charge in [0.1, 0.15) is 5.69 Å². The number of nitrogens with one attached hydrogen (secondary N) is 1. The van der Waals surface area contributed by atoms with E-state index in [-0.39, 0.29) is 12.5 Å². The quantitative estimate of drug-likeness (QED) is 0.730. The van der Waals surface area contributed by atoms with Crippen LogP contribution in [0.1, 0.15) is 49.6 Å². The molecule has 1 saturated carbocycles. The number of carbonyl (C=O) groups is 1. The van der Waals surface area contributed by atoms with Crippen LogP contribution in [0.5, 0.6) is 0 Å². The van der Waals surface area contributed by atoms with Crippen LogP contribution < -0.4 is 11.1 Å². The third-order valence-corrected chi connectivity index (χ3v) is 3.28. The largest absolute Gasteiger partial charge is 0.397 e. The monoisotopic (exact) mass is 265 g/mol. The zero-order valence-electron chi connectivity index (χ0n) is 11.6. The Labute approximate surface area is 113 Å². The summed E-state index contributed by atoms with van der Waals surface area (Å²) in [6.07, 6.45) is 4.21. The molecular weight excluding hydrogens is 242 g/mol. The molecule has 0 spiro atoms. The van der Waals surface area contributed by atoms with Crippen molar-refractivity contribution in [2.75, 3.05) is 12.3 Å². The van der Waals surface area contributed by atoms with Crippen LogP contribution in [0.4, 0.5) is 5.69 Å². The molecule has 0 aromatic carbocycles. The molecule has 0 bridgehead atoms. The number of nitrogens with two attached hydrogens (primary N) is 1. The molecule has 2 rings (SSSR count). The molecule has 1 heterocycles. The minimum Gasteiger partial charge on any atom is -0.397 e. The van der Waals surface area contributed by atoms with Crippen molar-refractivity contribution < 1.29 is 9.90 Å². The van der Waals surface area contributed by atoms with Gasteiger partial charge in [0, 0.05) is 18.8 Å². The van der Waals surface area contributed by atoms with Crippen molar-refractivity contribution in [2.45, 2.75) is 45.3 Å². The van der Waals surface area contributed by atoms with Gasteiger partial charge in [0.15, 0.2) is 0 Å². The van der Waals surface area contributed by atoms with E-state index in [1.54, 1.807) is 6.07 Å². The highest BCUT2D eigenvalue weighted by molar-refractivity contribution is 5.93. The molecule has 4 N–H and O–H groups in total. The predicted molar refractivity (Wildman–Crippen MR) is 74.9 cm³/mol. The lowest BCUT2D eigenvalue weighted by Gasteiger charge is -2.14. The Morgan fingerprint density at radius 1 is 1.58 bits per heavy atom. The smallest absolute Gasteiger partial charge is 0.268 e. The molecule has 0 aliphatic heterocycles. The number of nitrogens with zero attached hydrogens (tertiary/aromatic N) is 1. The van der Waals surface area contributed by atoms with Gasteiger partial charge in [-0.3, -0.25) is 4.79 Å². The average molecular weight is 265 g/mol. The lowest BCUT2D eigenvalue weighted by Crippen LogP contribution is -2.33. The summed E-state index contributed by atoms with van der Waals surface area (Å²) in [5, 5.41) is 12.5. The maximum Gasteiger partial charge on any atom is 0.268 e. The van der Waals surface area contributed by atoms with Crippen molar-refractivity contribution in [3.05, 3.63) is 18.0 Å². The van der Waals surface area contributed by atoms with Crippen LogP contribution in [0.3, 0.4) is 0 Å². The summed E-state index contributed by atoms with van der Waals surface area (Å²) in [5.41, 5.74) is 6.96. The molecule has 5 nitrogen and oxygen atoms in total. The molecular formula is C14H23N3O2. The minimum atomic E-state index is -0.495. The molecule has 1 aliphatic carbocycles. The summed E-state index contributed by atoms with van der Waals surface area (Å²) in [6, 6.07) is 2.11. The maximum atomic E-state index is 12.1. The Bertz CT molecular complexity index is 450. The third-order valence-electron chi connectivity index (χ3n) is 3.28. The highest BCUT2D eigenvalue weighted by Crippen LogP contribution is 2.37. The first-order valence-corrected chi connectivity index (χ1v) is 6.91. The fourth-order valence-corrected chi connectivity index (χ4v) is 2.27. The van der Waals surface area contributed by atoms with E-state index in [4.69, 9.17) is 5.73 Å². The van der Waals surface area contributed by atoms with E-state index in [9.17, 15) is 9.90 Å². The number of hydrogen-bond donors (Lipinski definition) is 3. The average Bonchev–Trinajstić information content (AvgIpc) is 3.08. The molecule has 106 valence electrons. The zero-order chi connectivity index (χ0) is 14.0. The van der Waals surface area contributed by atoms with Crippen LogP contribution >= 0.6 is 0 Å². The number of aromatic nitrogens is 1. The normalized spacial score (nSPS) is 16.6. The molecule has 0 saturated heterocycles. The number of aliphatic hydroxyl groups is 1.